The smallest absolute Gasteiger partial charge is 0.321 e. The number of nitrogens with one attached hydrogen (secondary N) is 2. The van der Waals surface area contributed by atoms with Gasteiger partial charge < -0.3 is 10.6 Å². The van der Waals surface area contributed by atoms with Crippen molar-refractivity contribution in [3.8, 4) is 5.69 Å². The number of nitrogens with zero attached hydrogens (tertiary/aromatic N) is 4. The maximum Gasteiger partial charge on any atom is 0.434 e. The summed E-state index contributed by atoms with van der Waals surface area (Å²) < 4.78 is 83.5. The molecule has 0 saturated heterocycles. The first-order chi connectivity index (χ1) is 18.3. The predicted octanol–water partition coefficient (Wildman–Crippen LogP) is 6.18. The third kappa shape index (κ3) is 3.86. The van der Waals surface area contributed by atoms with E-state index in [0.717, 1.165) is 18.5 Å². The van der Waals surface area contributed by atoms with Gasteiger partial charge in [-0.1, -0.05) is 23.7 Å². The summed E-state index contributed by atoms with van der Waals surface area (Å²) in [6, 6.07) is 9.03. The molecule has 1 aliphatic heterocycles. The Hall–Kier alpha value is -4.59. The lowest BCUT2D eigenvalue weighted by Crippen LogP contribution is -2.21. The van der Waals surface area contributed by atoms with Gasteiger partial charge in [-0.3, -0.25) is 9.59 Å². The molecular formula is C24H11ClF6N6O2. The zero-order valence-corrected chi connectivity index (χ0v) is 19.7. The van der Waals surface area contributed by atoms with E-state index in [2.05, 4.69) is 20.8 Å². The number of carbonyl (C=O) groups excluding carboxylic acids is 2. The minimum atomic E-state index is -5.05. The zero-order chi connectivity index (χ0) is 27.9. The summed E-state index contributed by atoms with van der Waals surface area (Å²) in [5, 5.41) is 12.7. The SMILES string of the molecule is O=C(Nc1cnn2c(C(F)(F)F)cc(Cl)c2c1)c1cnn(-c2ccc3c4c(cccc24)C(=O)N3)c1C(F)(F)F. The van der Waals surface area contributed by atoms with Gasteiger partial charge in [-0.15, -0.1) is 0 Å². The predicted molar refractivity (Wildman–Crippen MR) is 127 cm³/mol. The second-order valence-electron chi connectivity index (χ2n) is 8.50. The summed E-state index contributed by atoms with van der Waals surface area (Å²) in [7, 11) is 0. The molecule has 15 heteroatoms. The van der Waals surface area contributed by atoms with E-state index in [9.17, 15) is 35.9 Å². The van der Waals surface area contributed by atoms with Crippen molar-refractivity contribution in [2.45, 2.75) is 12.4 Å². The molecule has 0 atom stereocenters. The lowest BCUT2D eigenvalue weighted by atomic mass is 10.0. The maximum absolute atomic E-state index is 14.3. The number of carbonyl (C=O) groups is 2. The fraction of sp³-hybridized carbons (Fsp3) is 0.0833. The highest BCUT2D eigenvalue weighted by atomic mass is 35.5. The molecular weight excluding hydrogens is 554 g/mol. The lowest BCUT2D eigenvalue weighted by Gasteiger charge is -2.15. The summed E-state index contributed by atoms with van der Waals surface area (Å²) >= 11 is 5.89. The van der Waals surface area contributed by atoms with Crippen molar-refractivity contribution >= 4 is 51.1 Å². The summed E-state index contributed by atoms with van der Waals surface area (Å²) in [6.45, 7) is 0. The summed E-state index contributed by atoms with van der Waals surface area (Å²) in [6.07, 6.45) is -8.24. The summed E-state index contributed by atoms with van der Waals surface area (Å²) in [5.74, 6) is -1.64. The molecule has 0 aliphatic carbocycles. The summed E-state index contributed by atoms with van der Waals surface area (Å²) in [5.41, 5.74) is -3.15. The Morgan fingerprint density at radius 2 is 1.74 bits per heavy atom. The molecule has 2 amide bonds. The third-order valence-electron chi connectivity index (χ3n) is 6.14. The van der Waals surface area contributed by atoms with Gasteiger partial charge in [-0.25, -0.2) is 9.20 Å². The molecule has 2 N–H and O–H groups in total. The van der Waals surface area contributed by atoms with Crippen molar-refractivity contribution in [1.82, 2.24) is 19.4 Å². The molecule has 39 heavy (non-hydrogen) atoms. The molecule has 0 unspecified atom stereocenters. The van der Waals surface area contributed by atoms with E-state index in [0.29, 0.717) is 31.7 Å². The molecule has 8 nitrogen and oxygen atoms in total. The average molecular weight is 565 g/mol. The number of hydrogen-bond donors (Lipinski definition) is 2. The Labute approximate surface area is 217 Å². The van der Waals surface area contributed by atoms with Crippen LogP contribution < -0.4 is 10.6 Å². The number of amides is 2. The van der Waals surface area contributed by atoms with Gasteiger partial charge in [0.1, 0.15) is 5.69 Å². The van der Waals surface area contributed by atoms with E-state index in [4.69, 9.17) is 11.6 Å². The highest BCUT2D eigenvalue weighted by molar-refractivity contribution is 6.34. The van der Waals surface area contributed by atoms with Crippen LogP contribution in [0.1, 0.15) is 32.1 Å². The third-order valence-corrected chi connectivity index (χ3v) is 6.44. The van der Waals surface area contributed by atoms with Crippen molar-refractivity contribution in [3.05, 3.63) is 82.4 Å². The van der Waals surface area contributed by atoms with Crippen molar-refractivity contribution in [2.75, 3.05) is 10.6 Å². The van der Waals surface area contributed by atoms with Crippen LogP contribution >= 0.6 is 11.6 Å². The molecule has 0 bridgehead atoms. The van der Waals surface area contributed by atoms with E-state index in [1.54, 1.807) is 0 Å². The van der Waals surface area contributed by atoms with Crippen LogP contribution in [-0.2, 0) is 12.4 Å². The van der Waals surface area contributed by atoms with E-state index >= 15 is 0 Å². The van der Waals surface area contributed by atoms with Crippen LogP contribution in [0.5, 0.6) is 0 Å². The number of aromatic nitrogens is 4. The minimum absolute atomic E-state index is 0.0267. The number of alkyl halides is 6. The second kappa shape index (κ2) is 8.20. The normalized spacial score (nSPS) is 13.4. The van der Waals surface area contributed by atoms with E-state index in [1.807, 2.05) is 0 Å². The Kier molecular flexibility index (Phi) is 5.20. The monoisotopic (exact) mass is 564 g/mol. The van der Waals surface area contributed by atoms with Gasteiger partial charge in [-0.05, 0) is 30.3 Å². The molecule has 6 rings (SSSR count). The lowest BCUT2D eigenvalue weighted by molar-refractivity contribution is -0.143. The molecule has 0 radical (unpaired) electrons. The van der Waals surface area contributed by atoms with Gasteiger partial charge in [0.15, 0.2) is 5.69 Å². The Bertz CT molecular complexity index is 1860. The highest BCUT2D eigenvalue weighted by Gasteiger charge is 2.41. The molecule has 4 heterocycles. The number of benzene rings is 2. The second-order valence-corrected chi connectivity index (χ2v) is 8.91. The molecule has 0 fully saturated rings. The van der Waals surface area contributed by atoms with Gasteiger partial charge in [-0.2, -0.15) is 36.5 Å². The van der Waals surface area contributed by atoms with Crippen LogP contribution in [0, 0.1) is 0 Å². The van der Waals surface area contributed by atoms with Crippen molar-refractivity contribution in [3.63, 3.8) is 0 Å². The Morgan fingerprint density at radius 3 is 2.46 bits per heavy atom. The Balaban J connectivity index is 1.42. The minimum Gasteiger partial charge on any atom is -0.321 e. The van der Waals surface area contributed by atoms with E-state index in [1.165, 1.54) is 30.3 Å². The van der Waals surface area contributed by atoms with Gasteiger partial charge in [0, 0.05) is 22.0 Å². The first-order valence-electron chi connectivity index (χ1n) is 10.9. The van der Waals surface area contributed by atoms with Crippen LogP contribution in [0.4, 0.5) is 37.7 Å². The first-order valence-corrected chi connectivity index (χ1v) is 11.3. The number of hydrogen-bond acceptors (Lipinski definition) is 4. The molecule has 198 valence electrons. The maximum atomic E-state index is 14.3. The van der Waals surface area contributed by atoms with Crippen LogP contribution in [-0.4, -0.2) is 31.2 Å². The van der Waals surface area contributed by atoms with Gasteiger partial charge in [0.25, 0.3) is 11.8 Å². The first kappa shape index (κ1) is 24.7. The fourth-order valence-electron chi connectivity index (χ4n) is 4.54. The van der Waals surface area contributed by atoms with Crippen molar-refractivity contribution in [2.24, 2.45) is 0 Å². The van der Waals surface area contributed by atoms with Gasteiger partial charge >= 0.3 is 12.4 Å². The van der Waals surface area contributed by atoms with Crippen LogP contribution in [0.3, 0.4) is 0 Å². The standard InChI is InChI=1S/C24H11ClF6N6O2/c25-14-7-18(23(26,27)28)36-17(14)6-10(8-32-36)34-22(39)13-9-33-37(20(13)24(29,30)31)16-5-4-15-19-11(16)2-1-3-12(19)21(38)35-15/h1-9H,(H,34,39)(H,35,38). The molecule has 3 aromatic heterocycles. The number of fused-ring (bicyclic) bond motifs is 1. The van der Waals surface area contributed by atoms with Crippen LogP contribution in [0.25, 0.3) is 22.0 Å². The van der Waals surface area contributed by atoms with Crippen LogP contribution in [0.2, 0.25) is 5.02 Å². The molecule has 2 aromatic carbocycles. The molecule has 0 saturated carbocycles. The van der Waals surface area contributed by atoms with Crippen molar-refractivity contribution < 1.29 is 35.9 Å². The quantitative estimate of drug-likeness (QED) is 0.256. The van der Waals surface area contributed by atoms with E-state index < -0.39 is 41.1 Å². The zero-order valence-electron chi connectivity index (χ0n) is 18.9. The number of rotatable bonds is 3. The van der Waals surface area contributed by atoms with Gasteiger partial charge in [0.05, 0.1) is 39.9 Å². The molecule has 1 aliphatic rings. The van der Waals surface area contributed by atoms with E-state index in [-0.39, 0.29) is 27.5 Å². The average Bonchev–Trinajstić information content (AvgIpc) is 3.54. The number of anilines is 2. The van der Waals surface area contributed by atoms with Crippen LogP contribution in [0.15, 0.2) is 54.9 Å². The molecule has 0 spiro atoms. The van der Waals surface area contributed by atoms with Gasteiger partial charge in [0.2, 0.25) is 0 Å². The van der Waals surface area contributed by atoms with Crippen molar-refractivity contribution in [1.29, 1.82) is 0 Å². The largest absolute Gasteiger partial charge is 0.434 e. The Morgan fingerprint density at radius 1 is 0.974 bits per heavy atom. The summed E-state index contributed by atoms with van der Waals surface area (Å²) in [4.78, 5) is 25.2. The molecule has 5 aromatic rings. The topological polar surface area (TPSA) is 93.3 Å². The number of halogens is 7. The fourth-order valence-corrected chi connectivity index (χ4v) is 4.78. The highest BCUT2D eigenvalue weighted by Crippen LogP contribution is 2.40.